The lowest BCUT2D eigenvalue weighted by Crippen LogP contribution is -2.42. The van der Waals surface area contributed by atoms with Crippen molar-refractivity contribution >= 4 is 21.8 Å². The van der Waals surface area contributed by atoms with Gasteiger partial charge in [0.15, 0.2) is 0 Å². The molecule has 7 nitrogen and oxygen atoms in total. The highest BCUT2D eigenvalue weighted by Gasteiger charge is 2.19. The minimum atomic E-state index is -3.62. The van der Waals surface area contributed by atoms with Crippen molar-refractivity contribution in [1.29, 1.82) is 0 Å². The Kier molecular flexibility index (Phi) is 7.79. The van der Waals surface area contributed by atoms with Gasteiger partial charge in [-0.2, -0.15) is 0 Å². The number of hydrogen-bond acceptors (Lipinski definition) is 4. The van der Waals surface area contributed by atoms with Gasteiger partial charge in [-0.05, 0) is 31.0 Å². The third-order valence-corrected chi connectivity index (χ3v) is 6.57. The first kappa shape index (κ1) is 21.4. The Bertz CT molecular complexity index is 754. The topological polar surface area (TPSA) is 95.6 Å². The molecule has 0 unspecified atom stereocenters. The maximum Gasteiger partial charge on any atom is 0.251 e. The van der Waals surface area contributed by atoms with Gasteiger partial charge in [0.1, 0.15) is 0 Å². The van der Waals surface area contributed by atoms with Gasteiger partial charge in [-0.25, -0.2) is 12.7 Å². The van der Waals surface area contributed by atoms with E-state index < -0.39 is 15.9 Å². The zero-order chi connectivity index (χ0) is 19.9. The molecular weight excluding hydrogens is 366 g/mol. The van der Waals surface area contributed by atoms with Gasteiger partial charge in [-0.15, -0.1) is 0 Å². The van der Waals surface area contributed by atoms with Crippen LogP contribution in [0.3, 0.4) is 0 Å². The van der Waals surface area contributed by atoms with Gasteiger partial charge in [0.25, 0.3) is 5.91 Å². The first-order chi connectivity index (χ1) is 12.8. The molecule has 1 saturated carbocycles. The fourth-order valence-electron chi connectivity index (χ4n) is 3.15. The summed E-state index contributed by atoms with van der Waals surface area (Å²) in [6, 6.07) is 5.96. The minimum Gasteiger partial charge on any atom is -0.352 e. The van der Waals surface area contributed by atoms with E-state index in [1.54, 1.807) is 0 Å². The van der Waals surface area contributed by atoms with E-state index in [-0.39, 0.29) is 29.0 Å². The Morgan fingerprint density at radius 3 is 2.33 bits per heavy atom. The standard InChI is InChI=1S/C19H29N3O4S/c1-22(2)27(25,26)17-12-8-9-15(13-17)19(24)20-14-18(23)21-16-10-6-4-3-5-7-11-16/h8-9,12-13,16H,3-7,10-11,14H2,1-2H3,(H,20,24)(H,21,23). The third kappa shape index (κ3) is 6.32. The molecule has 0 bridgehead atoms. The number of rotatable bonds is 6. The number of benzene rings is 1. The van der Waals surface area contributed by atoms with E-state index in [1.165, 1.54) is 57.6 Å². The summed E-state index contributed by atoms with van der Waals surface area (Å²) in [4.78, 5) is 24.5. The van der Waals surface area contributed by atoms with E-state index in [0.29, 0.717) is 0 Å². The lowest BCUT2D eigenvalue weighted by Gasteiger charge is -2.21. The fraction of sp³-hybridized carbons (Fsp3) is 0.579. The van der Waals surface area contributed by atoms with Gasteiger partial charge in [0, 0.05) is 25.7 Å². The van der Waals surface area contributed by atoms with Crippen LogP contribution in [0.1, 0.15) is 55.3 Å². The van der Waals surface area contributed by atoms with E-state index in [4.69, 9.17) is 0 Å². The smallest absolute Gasteiger partial charge is 0.251 e. The van der Waals surface area contributed by atoms with Gasteiger partial charge in [0.2, 0.25) is 15.9 Å². The Balaban J connectivity index is 1.90. The van der Waals surface area contributed by atoms with Crippen LogP contribution in [-0.2, 0) is 14.8 Å². The first-order valence-corrected chi connectivity index (χ1v) is 10.8. The van der Waals surface area contributed by atoms with E-state index in [1.807, 2.05) is 0 Å². The molecule has 1 aromatic carbocycles. The average Bonchev–Trinajstić information content (AvgIpc) is 2.61. The Labute approximate surface area is 161 Å². The number of amides is 2. The van der Waals surface area contributed by atoms with Crippen LogP contribution in [0.4, 0.5) is 0 Å². The molecule has 1 fully saturated rings. The molecule has 1 aliphatic rings. The van der Waals surface area contributed by atoms with Crippen LogP contribution in [0.5, 0.6) is 0 Å². The SMILES string of the molecule is CN(C)S(=O)(=O)c1cccc(C(=O)NCC(=O)NC2CCCCCCC2)c1. The molecule has 0 spiro atoms. The van der Waals surface area contributed by atoms with Crippen molar-refractivity contribution < 1.29 is 18.0 Å². The van der Waals surface area contributed by atoms with Crippen LogP contribution in [0.2, 0.25) is 0 Å². The lowest BCUT2D eigenvalue weighted by atomic mass is 9.97. The maximum atomic E-state index is 12.3. The van der Waals surface area contributed by atoms with Gasteiger partial charge in [-0.3, -0.25) is 9.59 Å². The van der Waals surface area contributed by atoms with E-state index >= 15 is 0 Å². The Hall–Kier alpha value is -1.93. The summed E-state index contributed by atoms with van der Waals surface area (Å²) >= 11 is 0. The first-order valence-electron chi connectivity index (χ1n) is 9.41. The summed E-state index contributed by atoms with van der Waals surface area (Å²) in [6.07, 6.45) is 7.85. The molecule has 2 N–H and O–H groups in total. The van der Waals surface area contributed by atoms with Crippen molar-refractivity contribution in [2.24, 2.45) is 0 Å². The van der Waals surface area contributed by atoms with Crippen LogP contribution in [0, 0.1) is 0 Å². The molecule has 8 heteroatoms. The van der Waals surface area contributed by atoms with Crippen LogP contribution < -0.4 is 10.6 Å². The molecule has 0 aliphatic heterocycles. The zero-order valence-corrected chi connectivity index (χ0v) is 16.8. The highest BCUT2D eigenvalue weighted by molar-refractivity contribution is 7.89. The van der Waals surface area contributed by atoms with Crippen molar-refractivity contribution in [2.75, 3.05) is 20.6 Å². The second-order valence-electron chi connectivity index (χ2n) is 7.11. The molecule has 1 aromatic rings. The molecule has 2 amide bonds. The molecule has 2 rings (SSSR count). The van der Waals surface area contributed by atoms with Gasteiger partial charge in [-0.1, -0.05) is 38.2 Å². The predicted octanol–water partition coefficient (Wildman–Crippen LogP) is 1.90. The van der Waals surface area contributed by atoms with Crippen molar-refractivity contribution in [3.63, 3.8) is 0 Å². The molecule has 0 radical (unpaired) electrons. The van der Waals surface area contributed by atoms with Crippen molar-refractivity contribution in [2.45, 2.75) is 55.9 Å². The van der Waals surface area contributed by atoms with Crippen LogP contribution in [0.15, 0.2) is 29.2 Å². The summed E-state index contributed by atoms with van der Waals surface area (Å²) in [5.74, 6) is -0.690. The van der Waals surface area contributed by atoms with Crippen LogP contribution >= 0.6 is 0 Å². The normalized spacial score (nSPS) is 16.4. The zero-order valence-electron chi connectivity index (χ0n) is 16.0. The molecule has 27 heavy (non-hydrogen) atoms. The molecule has 0 aromatic heterocycles. The predicted molar refractivity (Wildman–Crippen MR) is 104 cm³/mol. The fourth-order valence-corrected chi connectivity index (χ4v) is 4.10. The maximum absolute atomic E-state index is 12.3. The van der Waals surface area contributed by atoms with Crippen molar-refractivity contribution in [1.82, 2.24) is 14.9 Å². The monoisotopic (exact) mass is 395 g/mol. The van der Waals surface area contributed by atoms with Crippen molar-refractivity contribution in [3.8, 4) is 0 Å². The number of hydrogen-bond donors (Lipinski definition) is 2. The summed E-state index contributed by atoms with van der Waals surface area (Å²) in [6.45, 7) is -0.125. The molecule has 0 heterocycles. The van der Waals surface area contributed by atoms with Crippen LogP contribution in [0.25, 0.3) is 0 Å². The number of carbonyl (C=O) groups is 2. The number of sulfonamides is 1. The second-order valence-corrected chi connectivity index (χ2v) is 9.26. The quantitative estimate of drug-likeness (QED) is 0.769. The van der Waals surface area contributed by atoms with Crippen LogP contribution in [-0.4, -0.2) is 51.2 Å². The Morgan fingerprint density at radius 2 is 1.70 bits per heavy atom. The van der Waals surface area contributed by atoms with E-state index in [2.05, 4.69) is 10.6 Å². The van der Waals surface area contributed by atoms with E-state index in [9.17, 15) is 18.0 Å². The minimum absolute atomic E-state index is 0.0409. The van der Waals surface area contributed by atoms with Gasteiger partial charge >= 0.3 is 0 Å². The van der Waals surface area contributed by atoms with E-state index in [0.717, 1.165) is 30.0 Å². The molecule has 150 valence electrons. The third-order valence-electron chi connectivity index (χ3n) is 4.75. The summed E-state index contributed by atoms with van der Waals surface area (Å²) < 4.78 is 25.4. The van der Waals surface area contributed by atoms with Gasteiger partial charge < -0.3 is 10.6 Å². The Morgan fingerprint density at radius 1 is 1.07 bits per heavy atom. The number of carbonyl (C=O) groups excluding carboxylic acids is 2. The molecule has 1 aliphatic carbocycles. The van der Waals surface area contributed by atoms with Gasteiger partial charge in [0.05, 0.1) is 11.4 Å². The molecule has 0 saturated heterocycles. The average molecular weight is 396 g/mol. The highest BCUT2D eigenvalue weighted by Crippen LogP contribution is 2.17. The summed E-state index contributed by atoms with van der Waals surface area (Å²) in [5.41, 5.74) is 0.205. The van der Waals surface area contributed by atoms with Crippen molar-refractivity contribution in [3.05, 3.63) is 29.8 Å². The number of nitrogens with one attached hydrogen (secondary N) is 2. The second kappa shape index (κ2) is 9.85. The largest absolute Gasteiger partial charge is 0.352 e. The highest BCUT2D eigenvalue weighted by atomic mass is 32.2. The summed E-state index contributed by atoms with van der Waals surface area (Å²) in [7, 11) is -0.751. The molecule has 0 atom stereocenters. The molecular formula is C19H29N3O4S. The number of nitrogens with zero attached hydrogens (tertiary/aromatic N) is 1. The summed E-state index contributed by atoms with van der Waals surface area (Å²) in [5, 5.41) is 5.55. The lowest BCUT2D eigenvalue weighted by molar-refractivity contribution is -0.120.